The van der Waals surface area contributed by atoms with Crippen molar-refractivity contribution >= 4 is 5.78 Å². The van der Waals surface area contributed by atoms with E-state index in [9.17, 15) is 10.1 Å². The van der Waals surface area contributed by atoms with Gasteiger partial charge in [0.25, 0.3) is 0 Å². The summed E-state index contributed by atoms with van der Waals surface area (Å²) in [7, 11) is 0. The first-order valence-corrected chi connectivity index (χ1v) is 6.56. The van der Waals surface area contributed by atoms with Gasteiger partial charge >= 0.3 is 0 Å². The highest BCUT2D eigenvalue weighted by atomic mass is 16.1. The van der Waals surface area contributed by atoms with E-state index in [4.69, 9.17) is 0 Å². The normalized spacial score (nSPS) is 24.2. The zero-order chi connectivity index (χ0) is 13.2. The molecular weight excluding hydrogens is 226 g/mol. The van der Waals surface area contributed by atoms with E-state index in [1.54, 1.807) is 0 Å². The Balaban J connectivity index is 2.19. The number of nitriles is 1. The minimum absolute atomic E-state index is 0.0929. The van der Waals surface area contributed by atoms with Gasteiger partial charge in [0.05, 0.1) is 11.8 Å². The zero-order valence-corrected chi connectivity index (χ0v) is 11.0. The Kier molecular flexibility index (Phi) is 3.51. The fraction of sp³-hybridized carbons (Fsp3) is 0.643. The van der Waals surface area contributed by atoms with E-state index in [0.29, 0.717) is 25.3 Å². The fourth-order valence-corrected chi connectivity index (χ4v) is 2.50. The number of ketones is 1. The van der Waals surface area contributed by atoms with E-state index in [-0.39, 0.29) is 5.78 Å². The molecule has 2 rings (SSSR count). The SMILES string of the molecule is CC(C)n1ccc(CC2(C#N)CCCCC2=O)n1. The Hall–Kier alpha value is -1.63. The first-order chi connectivity index (χ1) is 8.57. The highest BCUT2D eigenvalue weighted by Gasteiger charge is 2.40. The zero-order valence-electron chi connectivity index (χ0n) is 11.0. The lowest BCUT2D eigenvalue weighted by molar-refractivity contribution is -0.128. The van der Waals surface area contributed by atoms with Crippen molar-refractivity contribution in [1.29, 1.82) is 5.26 Å². The van der Waals surface area contributed by atoms with Crippen molar-refractivity contribution in [2.75, 3.05) is 0 Å². The average molecular weight is 245 g/mol. The van der Waals surface area contributed by atoms with Gasteiger partial charge in [-0.05, 0) is 32.8 Å². The molecule has 0 saturated heterocycles. The Morgan fingerprint density at radius 3 is 2.89 bits per heavy atom. The highest BCUT2D eigenvalue weighted by molar-refractivity contribution is 5.88. The van der Waals surface area contributed by atoms with Crippen LogP contribution in [-0.4, -0.2) is 15.6 Å². The predicted octanol–water partition coefficient (Wildman–Crippen LogP) is 2.66. The van der Waals surface area contributed by atoms with Gasteiger partial charge in [-0.25, -0.2) is 0 Å². The number of aromatic nitrogens is 2. The maximum absolute atomic E-state index is 12.0. The van der Waals surface area contributed by atoms with Gasteiger partial charge in [-0.15, -0.1) is 0 Å². The topological polar surface area (TPSA) is 58.7 Å². The van der Waals surface area contributed by atoms with Crippen LogP contribution in [0, 0.1) is 16.7 Å². The summed E-state index contributed by atoms with van der Waals surface area (Å²) in [4.78, 5) is 12.0. The molecule has 0 radical (unpaired) electrons. The number of hydrogen-bond donors (Lipinski definition) is 0. The molecule has 96 valence electrons. The Labute approximate surface area is 108 Å². The van der Waals surface area contributed by atoms with E-state index in [1.165, 1.54) is 0 Å². The molecule has 0 aromatic carbocycles. The molecule has 0 N–H and O–H groups in total. The lowest BCUT2D eigenvalue weighted by atomic mass is 9.71. The Morgan fingerprint density at radius 2 is 2.33 bits per heavy atom. The summed E-state index contributed by atoms with van der Waals surface area (Å²) < 4.78 is 1.87. The second-order valence-corrected chi connectivity index (χ2v) is 5.38. The molecular formula is C14H19N3O. The Morgan fingerprint density at radius 1 is 1.56 bits per heavy atom. The monoisotopic (exact) mass is 245 g/mol. The molecule has 1 aliphatic carbocycles. The molecule has 1 heterocycles. The lowest BCUT2D eigenvalue weighted by Gasteiger charge is -2.28. The summed E-state index contributed by atoms with van der Waals surface area (Å²) in [6.07, 6.45) is 5.47. The molecule has 4 nitrogen and oxygen atoms in total. The van der Waals surface area contributed by atoms with Crippen LogP contribution in [0.15, 0.2) is 12.3 Å². The van der Waals surface area contributed by atoms with Crippen LogP contribution in [0.4, 0.5) is 0 Å². The third kappa shape index (κ3) is 2.31. The van der Waals surface area contributed by atoms with E-state index in [0.717, 1.165) is 18.5 Å². The predicted molar refractivity (Wildman–Crippen MR) is 67.8 cm³/mol. The van der Waals surface area contributed by atoms with Crippen molar-refractivity contribution in [2.24, 2.45) is 5.41 Å². The quantitative estimate of drug-likeness (QED) is 0.822. The van der Waals surface area contributed by atoms with Gasteiger partial charge in [-0.2, -0.15) is 10.4 Å². The highest BCUT2D eigenvalue weighted by Crippen LogP contribution is 2.35. The van der Waals surface area contributed by atoms with Crippen molar-refractivity contribution in [3.63, 3.8) is 0 Å². The Bertz CT molecular complexity index is 483. The molecule has 0 amide bonds. The molecule has 1 aliphatic rings. The van der Waals surface area contributed by atoms with Gasteiger partial charge in [0, 0.05) is 25.1 Å². The second kappa shape index (κ2) is 4.93. The van der Waals surface area contributed by atoms with Gasteiger partial charge in [0.1, 0.15) is 5.41 Å². The van der Waals surface area contributed by atoms with Crippen LogP contribution in [0.5, 0.6) is 0 Å². The van der Waals surface area contributed by atoms with E-state index in [1.807, 2.05) is 16.9 Å². The lowest BCUT2D eigenvalue weighted by Crippen LogP contribution is -2.35. The van der Waals surface area contributed by atoms with Crippen LogP contribution in [0.25, 0.3) is 0 Å². The van der Waals surface area contributed by atoms with Crippen LogP contribution in [0.2, 0.25) is 0 Å². The number of carbonyl (C=O) groups is 1. The first-order valence-electron chi connectivity index (χ1n) is 6.56. The minimum atomic E-state index is -0.825. The average Bonchev–Trinajstić information content (AvgIpc) is 2.81. The molecule has 1 unspecified atom stereocenters. The molecule has 1 aromatic heterocycles. The van der Waals surface area contributed by atoms with Gasteiger partial charge in [-0.3, -0.25) is 9.48 Å². The van der Waals surface area contributed by atoms with Gasteiger partial charge < -0.3 is 0 Å². The summed E-state index contributed by atoms with van der Waals surface area (Å²) in [5.74, 6) is 0.0929. The number of hydrogen-bond acceptors (Lipinski definition) is 3. The van der Waals surface area contributed by atoms with Crippen molar-refractivity contribution in [1.82, 2.24) is 9.78 Å². The molecule has 1 fully saturated rings. The smallest absolute Gasteiger partial charge is 0.153 e. The third-order valence-electron chi connectivity index (χ3n) is 3.68. The summed E-state index contributed by atoms with van der Waals surface area (Å²) >= 11 is 0. The van der Waals surface area contributed by atoms with E-state index >= 15 is 0 Å². The van der Waals surface area contributed by atoms with Crippen LogP contribution >= 0.6 is 0 Å². The van der Waals surface area contributed by atoms with Crippen molar-refractivity contribution in [3.05, 3.63) is 18.0 Å². The largest absolute Gasteiger partial charge is 0.298 e. The van der Waals surface area contributed by atoms with Gasteiger partial charge in [-0.1, -0.05) is 6.42 Å². The molecule has 0 spiro atoms. The van der Waals surface area contributed by atoms with Crippen molar-refractivity contribution in [2.45, 2.75) is 52.0 Å². The van der Waals surface area contributed by atoms with Gasteiger partial charge in [0.2, 0.25) is 0 Å². The first kappa shape index (κ1) is 12.8. The summed E-state index contributed by atoms with van der Waals surface area (Å²) in [6.45, 7) is 4.12. The van der Waals surface area contributed by atoms with E-state index < -0.39 is 5.41 Å². The molecule has 1 saturated carbocycles. The number of rotatable bonds is 3. The third-order valence-corrected chi connectivity index (χ3v) is 3.68. The molecule has 0 bridgehead atoms. The van der Waals surface area contributed by atoms with Crippen LogP contribution in [0.3, 0.4) is 0 Å². The van der Waals surface area contributed by atoms with E-state index in [2.05, 4.69) is 25.0 Å². The standard InChI is InChI=1S/C14H19N3O/c1-11(2)17-8-6-12(16-17)9-14(10-15)7-4-3-5-13(14)18/h6,8,11H,3-5,7,9H2,1-2H3. The maximum atomic E-state index is 12.0. The number of nitrogens with zero attached hydrogens (tertiary/aromatic N) is 3. The molecule has 1 atom stereocenters. The summed E-state index contributed by atoms with van der Waals surface area (Å²) in [5, 5.41) is 13.8. The van der Waals surface area contributed by atoms with Crippen molar-refractivity contribution in [3.8, 4) is 6.07 Å². The van der Waals surface area contributed by atoms with Crippen LogP contribution in [0.1, 0.15) is 51.3 Å². The number of Topliss-reactive ketones (excluding diaryl/α,β-unsaturated/α-hetero) is 1. The molecule has 1 aromatic rings. The minimum Gasteiger partial charge on any atom is -0.298 e. The summed E-state index contributed by atoms with van der Waals surface area (Å²) in [6, 6.07) is 4.48. The fourth-order valence-electron chi connectivity index (χ4n) is 2.50. The molecule has 18 heavy (non-hydrogen) atoms. The van der Waals surface area contributed by atoms with Gasteiger partial charge in [0.15, 0.2) is 5.78 Å². The molecule has 4 heteroatoms. The molecule has 0 aliphatic heterocycles. The second-order valence-electron chi connectivity index (χ2n) is 5.38. The van der Waals surface area contributed by atoms with Crippen LogP contribution < -0.4 is 0 Å². The van der Waals surface area contributed by atoms with Crippen LogP contribution in [-0.2, 0) is 11.2 Å². The maximum Gasteiger partial charge on any atom is 0.153 e. The summed E-state index contributed by atoms with van der Waals surface area (Å²) in [5.41, 5.74) is 0.0227. The van der Waals surface area contributed by atoms with Crippen molar-refractivity contribution < 1.29 is 4.79 Å². The number of carbonyl (C=O) groups excluding carboxylic acids is 1.